The van der Waals surface area contributed by atoms with Gasteiger partial charge in [0.2, 0.25) is 5.88 Å². The molecule has 0 aliphatic carbocycles. The number of alkyl halides is 3. The molecule has 0 bridgehead atoms. The Kier molecular flexibility index (Phi) is 4.83. The predicted octanol–water partition coefficient (Wildman–Crippen LogP) is 1.92. The Balaban J connectivity index is 3.11. The molecule has 0 radical (unpaired) electrons. The van der Waals surface area contributed by atoms with E-state index < -0.39 is 29.2 Å². The highest BCUT2D eigenvalue weighted by molar-refractivity contribution is 5.95. The first-order valence-corrected chi connectivity index (χ1v) is 6.13. The number of aromatic nitrogens is 1. The lowest BCUT2D eigenvalue weighted by Crippen LogP contribution is -2.43. The summed E-state index contributed by atoms with van der Waals surface area (Å²) in [5, 5.41) is 0. The zero-order chi connectivity index (χ0) is 16.4. The fourth-order valence-corrected chi connectivity index (χ4v) is 1.27. The van der Waals surface area contributed by atoms with E-state index in [4.69, 9.17) is 10.5 Å². The average molecular weight is 305 g/mol. The van der Waals surface area contributed by atoms with Crippen molar-refractivity contribution in [1.29, 1.82) is 0 Å². The van der Waals surface area contributed by atoms with Crippen molar-refractivity contribution in [3.8, 4) is 5.88 Å². The summed E-state index contributed by atoms with van der Waals surface area (Å²) in [6.07, 6.45) is -4.62. The normalized spacial score (nSPS) is 12.6. The second-order valence-electron chi connectivity index (χ2n) is 5.41. The predicted molar refractivity (Wildman–Crippen MR) is 71.0 cm³/mol. The fourth-order valence-electron chi connectivity index (χ4n) is 1.27. The van der Waals surface area contributed by atoms with Crippen LogP contribution in [0.2, 0.25) is 0 Å². The third-order valence-electron chi connectivity index (χ3n) is 3.19. The van der Waals surface area contributed by atoms with Gasteiger partial charge in [-0.1, -0.05) is 0 Å². The maximum Gasteiger partial charge on any atom is 0.433 e. The van der Waals surface area contributed by atoms with E-state index >= 15 is 0 Å². The van der Waals surface area contributed by atoms with E-state index in [0.29, 0.717) is 6.07 Å². The van der Waals surface area contributed by atoms with Gasteiger partial charge in [-0.2, -0.15) is 13.2 Å². The molecule has 0 saturated carbocycles. The maximum atomic E-state index is 12.7. The van der Waals surface area contributed by atoms with Crippen LogP contribution >= 0.6 is 0 Å². The molecule has 1 heterocycles. The molecular formula is C13H18F3N3O2. The van der Waals surface area contributed by atoms with E-state index in [0.717, 1.165) is 6.07 Å². The first kappa shape index (κ1) is 17.2. The Morgan fingerprint density at radius 3 is 2.33 bits per heavy atom. The lowest BCUT2D eigenvalue weighted by Gasteiger charge is -2.32. The van der Waals surface area contributed by atoms with Crippen molar-refractivity contribution in [1.82, 2.24) is 9.88 Å². The number of ether oxygens (including phenoxy) is 1. The van der Waals surface area contributed by atoms with E-state index in [2.05, 4.69) is 4.98 Å². The summed E-state index contributed by atoms with van der Waals surface area (Å²) in [5.74, 6) is -1.30. The summed E-state index contributed by atoms with van der Waals surface area (Å²) in [7, 11) is 3.61. The van der Waals surface area contributed by atoms with Gasteiger partial charge in [0.15, 0.2) is 0 Å². The average Bonchev–Trinajstić information content (AvgIpc) is 2.34. The van der Waals surface area contributed by atoms with Crippen LogP contribution in [0.5, 0.6) is 5.88 Å². The van der Waals surface area contributed by atoms with Crippen molar-refractivity contribution >= 4 is 5.91 Å². The van der Waals surface area contributed by atoms with E-state index in [1.165, 1.54) is 0 Å². The van der Waals surface area contributed by atoms with Crippen LogP contribution in [0.4, 0.5) is 13.2 Å². The van der Waals surface area contributed by atoms with Gasteiger partial charge >= 0.3 is 6.18 Å². The van der Waals surface area contributed by atoms with Crippen molar-refractivity contribution in [2.45, 2.75) is 25.6 Å². The monoisotopic (exact) mass is 305 g/mol. The summed E-state index contributed by atoms with van der Waals surface area (Å²) in [6.45, 7) is 3.73. The van der Waals surface area contributed by atoms with E-state index in [9.17, 15) is 18.0 Å². The van der Waals surface area contributed by atoms with Crippen molar-refractivity contribution < 1.29 is 22.7 Å². The number of hydrogen-bond donors (Lipinski definition) is 1. The molecule has 118 valence electrons. The third-order valence-corrected chi connectivity index (χ3v) is 3.19. The van der Waals surface area contributed by atoms with Gasteiger partial charge < -0.3 is 15.4 Å². The molecule has 21 heavy (non-hydrogen) atoms. The Hall–Kier alpha value is -1.83. The number of pyridine rings is 1. The van der Waals surface area contributed by atoms with Gasteiger partial charge in [0.1, 0.15) is 17.9 Å². The molecule has 1 aromatic heterocycles. The van der Waals surface area contributed by atoms with Gasteiger partial charge in [-0.25, -0.2) is 4.98 Å². The Bertz CT molecular complexity index is 528. The molecule has 0 spiro atoms. The molecule has 0 saturated heterocycles. The summed E-state index contributed by atoms with van der Waals surface area (Å²) in [6, 6.07) is 1.67. The van der Waals surface area contributed by atoms with Crippen LogP contribution in [0.1, 0.15) is 29.9 Å². The summed E-state index contributed by atoms with van der Waals surface area (Å²) in [4.78, 5) is 16.5. The van der Waals surface area contributed by atoms with E-state index in [1.54, 1.807) is 14.1 Å². The first-order chi connectivity index (χ1) is 9.45. The number of likely N-dealkylation sites (N-methyl/N-ethyl adjacent to an activating group) is 1. The van der Waals surface area contributed by atoms with Gasteiger partial charge in [0.25, 0.3) is 5.91 Å². The summed E-state index contributed by atoms with van der Waals surface area (Å²) >= 11 is 0. The molecule has 0 aliphatic rings. The second-order valence-corrected chi connectivity index (χ2v) is 5.41. The van der Waals surface area contributed by atoms with Crippen LogP contribution in [0, 0.1) is 0 Å². The fraction of sp³-hybridized carbons (Fsp3) is 0.538. The standard InChI is InChI=1S/C13H18F3N3O2/c1-12(2,19(3)4)7-21-11-8(10(17)20)5-6-9(18-11)13(14,15)16/h5-6H,7H2,1-4H3,(H2,17,20). The zero-order valence-corrected chi connectivity index (χ0v) is 12.3. The summed E-state index contributed by atoms with van der Waals surface area (Å²) < 4.78 is 43.3. The molecule has 0 fully saturated rings. The quantitative estimate of drug-likeness (QED) is 0.902. The number of amides is 1. The minimum atomic E-state index is -4.62. The summed E-state index contributed by atoms with van der Waals surface area (Å²) in [5.41, 5.74) is 3.35. The van der Waals surface area contributed by atoms with Gasteiger partial charge in [0, 0.05) is 5.54 Å². The maximum absolute atomic E-state index is 12.7. The molecule has 8 heteroatoms. The van der Waals surface area contributed by atoms with Crippen LogP contribution in [-0.4, -0.2) is 42.0 Å². The van der Waals surface area contributed by atoms with Crippen molar-refractivity contribution in [3.63, 3.8) is 0 Å². The Labute approximate surface area is 120 Å². The smallest absolute Gasteiger partial charge is 0.433 e. The molecular weight excluding hydrogens is 287 g/mol. The molecule has 1 rings (SSSR count). The zero-order valence-electron chi connectivity index (χ0n) is 12.3. The minimum Gasteiger partial charge on any atom is -0.475 e. The Morgan fingerprint density at radius 2 is 1.90 bits per heavy atom. The molecule has 0 aromatic carbocycles. The molecule has 0 unspecified atom stereocenters. The number of carbonyl (C=O) groups excluding carboxylic acids is 1. The van der Waals surface area contributed by atoms with E-state index in [-0.39, 0.29) is 12.2 Å². The first-order valence-electron chi connectivity index (χ1n) is 6.13. The van der Waals surface area contributed by atoms with Gasteiger partial charge in [-0.3, -0.25) is 4.79 Å². The van der Waals surface area contributed by atoms with Crippen molar-refractivity contribution in [3.05, 3.63) is 23.4 Å². The lowest BCUT2D eigenvalue weighted by molar-refractivity contribution is -0.141. The highest BCUT2D eigenvalue weighted by Crippen LogP contribution is 2.30. The molecule has 5 nitrogen and oxygen atoms in total. The van der Waals surface area contributed by atoms with Gasteiger partial charge in [-0.15, -0.1) is 0 Å². The molecule has 1 aromatic rings. The van der Waals surface area contributed by atoms with Gasteiger partial charge in [0.05, 0.1) is 0 Å². The second kappa shape index (κ2) is 5.88. The number of hydrogen-bond acceptors (Lipinski definition) is 4. The van der Waals surface area contributed by atoms with E-state index in [1.807, 2.05) is 18.7 Å². The lowest BCUT2D eigenvalue weighted by atomic mass is 10.1. The number of nitrogens with zero attached hydrogens (tertiary/aromatic N) is 2. The molecule has 2 N–H and O–H groups in total. The largest absolute Gasteiger partial charge is 0.475 e. The highest BCUT2D eigenvalue weighted by Gasteiger charge is 2.34. The van der Waals surface area contributed by atoms with Crippen LogP contribution in [0.3, 0.4) is 0 Å². The van der Waals surface area contributed by atoms with Gasteiger partial charge in [-0.05, 0) is 40.1 Å². The topological polar surface area (TPSA) is 68.4 Å². The van der Waals surface area contributed by atoms with Crippen LogP contribution in [0.25, 0.3) is 0 Å². The number of rotatable bonds is 5. The number of primary amides is 1. The van der Waals surface area contributed by atoms with Crippen LogP contribution in [0.15, 0.2) is 12.1 Å². The Morgan fingerprint density at radius 1 is 1.33 bits per heavy atom. The number of nitrogens with two attached hydrogens (primary N) is 1. The minimum absolute atomic E-state index is 0.0502. The number of carbonyl (C=O) groups is 1. The highest BCUT2D eigenvalue weighted by atomic mass is 19.4. The van der Waals surface area contributed by atoms with Crippen molar-refractivity contribution in [2.75, 3.05) is 20.7 Å². The molecule has 0 aliphatic heterocycles. The molecule has 1 amide bonds. The van der Waals surface area contributed by atoms with Crippen molar-refractivity contribution in [2.24, 2.45) is 5.73 Å². The van der Waals surface area contributed by atoms with Crippen LogP contribution in [-0.2, 0) is 6.18 Å². The third kappa shape index (κ3) is 4.32. The SMILES string of the molecule is CN(C)C(C)(C)COc1nc(C(F)(F)F)ccc1C(N)=O. The van der Waals surface area contributed by atoms with Crippen LogP contribution < -0.4 is 10.5 Å². The number of halogens is 3. The molecule has 0 atom stereocenters.